The summed E-state index contributed by atoms with van der Waals surface area (Å²) in [6, 6.07) is 12.4. The fourth-order valence-corrected chi connectivity index (χ4v) is 3.25. The number of nitrogens with zero attached hydrogens (tertiary/aromatic N) is 2. The van der Waals surface area contributed by atoms with Crippen molar-refractivity contribution in [2.45, 2.75) is 43.8 Å². The molecule has 0 spiro atoms. The number of carbonyl (C=O) groups excluding carboxylic acids is 1. The second kappa shape index (κ2) is 5.64. The molecule has 1 N–H and O–H groups in total. The lowest BCUT2D eigenvalue weighted by Gasteiger charge is -2.24. The Morgan fingerprint density at radius 3 is 2.80 bits per heavy atom. The van der Waals surface area contributed by atoms with Crippen molar-refractivity contribution < 1.29 is 4.79 Å². The van der Waals surface area contributed by atoms with Gasteiger partial charge in [0.2, 0.25) is 5.91 Å². The number of likely N-dealkylation sites (tertiary alicyclic amines) is 1. The molecule has 0 aromatic heterocycles. The molecule has 0 bridgehead atoms. The SMILES string of the molecule is N#CC1CCCN1C(=O)C1CCC(c2ccccc2)N1. The maximum Gasteiger partial charge on any atom is 0.240 e. The molecule has 3 rings (SSSR count). The van der Waals surface area contributed by atoms with E-state index in [-0.39, 0.29) is 24.0 Å². The smallest absolute Gasteiger partial charge is 0.240 e. The molecule has 104 valence electrons. The first kappa shape index (κ1) is 13.1. The Bertz CT molecular complexity index is 522. The molecule has 0 radical (unpaired) electrons. The predicted octanol–water partition coefficient (Wildman–Crippen LogP) is 1.99. The van der Waals surface area contributed by atoms with Crippen molar-refractivity contribution in [1.29, 1.82) is 5.26 Å². The lowest BCUT2D eigenvalue weighted by atomic mass is 10.1. The van der Waals surface area contributed by atoms with Gasteiger partial charge in [-0.2, -0.15) is 5.26 Å². The van der Waals surface area contributed by atoms with Crippen molar-refractivity contribution in [1.82, 2.24) is 10.2 Å². The van der Waals surface area contributed by atoms with Crippen LogP contribution in [0.2, 0.25) is 0 Å². The third-order valence-electron chi connectivity index (χ3n) is 4.33. The first-order valence-corrected chi connectivity index (χ1v) is 7.30. The fraction of sp³-hybridized carbons (Fsp3) is 0.500. The zero-order chi connectivity index (χ0) is 13.9. The second-order valence-electron chi connectivity index (χ2n) is 5.58. The van der Waals surface area contributed by atoms with Crippen LogP contribution in [-0.2, 0) is 4.79 Å². The van der Waals surface area contributed by atoms with Gasteiger partial charge in [0, 0.05) is 12.6 Å². The van der Waals surface area contributed by atoms with Crippen LogP contribution in [0.4, 0.5) is 0 Å². The summed E-state index contributed by atoms with van der Waals surface area (Å²) in [5.41, 5.74) is 1.24. The van der Waals surface area contributed by atoms with Crippen LogP contribution < -0.4 is 5.32 Å². The molecule has 4 nitrogen and oxygen atoms in total. The standard InChI is InChI=1S/C16H19N3O/c17-11-13-7-4-10-19(13)16(20)15-9-8-14(18-15)12-5-2-1-3-6-12/h1-3,5-6,13-15,18H,4,7-10H2. The van der Waals surface area contributed by atoms with Crippen LogP contribution in [0.3, 0.4) is 0 Å². The molecule has 3 atom stereocenters. The van der Waals surface area contributed by atoms with E-state index in [2.05, 4.69) is 23.5 Å². The molecule has 20 heavy (non-hydrogen) atoms. The van der Waals surface area contributed by atoms with Crippen molar-refractivity contribution >= 4 is 5.91 Å². The largest absolute Gasteiger partial charge is 0.325 e. The Morgan fingerprint density at radius 1 is 1.25 bits per heavy atom. The fourth-order valence-electron chi connectivity index (χ4n) is 3.25. The van der Waals surface area contributed by atoms with E-state index in [4.69, 9.17) is 5.26 Å². The topological polar surface area (TPSA) is 56.1 Å². The maximum absolute atomic E-state index is 12.5. The molecular weight excluding hydrogens is 250 g/mol. The number of benzene rings is 1. The first-order chi connectivity index (χ1) is 9.79. The Balaban J connectivity index is 1.65. The molecule has 2 saturated heterocycles. The van der Waals surface area contributed by atoms with Crippen LogP contribution in [0.25, 0.3) is 0 Å². The van der Waals surface area contributed by atoms with Crippen molar-refractivity contribution in [3.05, 3.63) is 35.9 Å². The number of carbonyl (C=O) groups is 1. The lowest BCUT2D eigenvalue weighted by molar-refractivity contribution is -0.133. The van der Waals surface area contributed by atoms with Crippen molar-refractivity contribution in [3.63, 3.8) is 0 Å². The highest BCUT2D eigenvalue weighted by molar-refractivity contribution is 5.83. The highest BCUT2D eigenvalue weighted by atomic mass is 16.2. The molecule has 2 heterocycles. The monoisotopic (exact) mass is 269 g/mol. The first-order valence-electron chi connectivity index (χ1n) is 7.30. The van der Waals surface area contributed by atoms with Gasteiger partial charge in [0.1, 0.15) is 6.04 Å². The van der Waals surface area contributed by atoms with E-state index in [1.165, 1.54) is 5.56 Å². The van der Waals surface area contributed by atoms with Gasteiger partial charge in [0.15, 0.2) is 0 Å². The van der Waals surface area contributed by atoms with Gasteiger partial charge in [-0.15, -0.1) is 0 Å². The zero-order valence-corrected chi connectivity index (χ0v) is 11.5. The molecular formula is C16H19N3O. The van der Waals surface area contributed by atoms with E-state index in [9.17, 15) is 4.79 Å². The maximum atomic E-state index is 12.5. The van der Waals surface area contributed by atoms with E-state index in [0.29, 0.717) is 0 Å². The average molecular weight is 269 g/mol. The normalized spacial score (nSPS) is 29.4. The van der Waals surface area contributed by atoms with Gasteiger partial charge in [0.25, 0.3) is 0 Å². The second-order valence-corrected chi connectivity index (χ2v) is 5.58. The minimum absolute atomic E-state index is 0.104. The summed E-state index contributed by atoms with van der Waals surface area (Å²) in [6.45, 7) is 0.727. The number of rotatable bonds is 2. The molecule has 2 aliphatic heterocycles. The third-order valence-corrected chi connectivity index (χ3v) is 4.33. The van der Waals surface area contributed by atoms with Gasteiger partial charge in [-0.25, -0.2) is 0 Å². The highest BCUT2D eigenvalue weighted by Gasteiger charge is 2.36. The number of nitriles is 1. The van der Waals surface area contributed by atoms with E-state index in [0.717, 1.165) is 32.2 Å². The van der Waals surface area contributed by atoms with E-state index >= 15 is 0 Å². The van der Waals surface area contributed by atoms with Gasteiger partial charge in [-0.05, 0) is 31.2 Å². The van der Waals surface area contributed by atoms with Gasteiger partial charge in [0.05, 0.1) is 12.1 Å². The summed E-state index contributed by atoms with van der Waals surface area (Å²) < 4.78 is 0. The summed E-state index contributed by atoms with van der Waals surface area (Å²) in [7, 11) is 0. The lowest BCUT2D eigenvalue weighted by Crippen LogP contribution is -2.45. The third kappa shape index (κ3) is 2.41. The van der Waals surface area contributed by atoms with Crippen LogP contribution in [0, 0.1) is 11.3 Å². The molecule has 0 aliphatic carbocycles. The number of amides is 1. The number of nitrogens with one attached hydrogen (secondary N) is 1. The predicted molar refractivity (Wildman–Crippen MR) is 75.7 cm³/mol. The minimum atomic E-state index is -0.222. The minimum Gasteiger partial charge on any atom is -0.325 e. The molecule has 1 amide bonds. The molecule has 4 heteroatoms. The van der Waals surface area contributed by atoms with Crippen LogP contribution in [0.15, 0.2) is 30.3 Å². The summed E-state index contributed by atoms with van der Waals surface area (Å²) in [6.07, 6.45) is 3.59. The van der Waals surface area contributed by atoms with Crippen molar-refractivity contribution in [2.75, 3.05) is 6.54 Å². The summed E-state index contributed by atoms with van der Waals surface area (Å²) in [5.74, 6) is 0.104. The summed E-state index contributed by atoms with van der Waals surface area (Å²) in [4.78, 5) is 14.3. The van der Waals surface area contributed by atoms with Crippen molar-refractivity contribution in [2.24, 2.45) is 0 Å². The number of hydrogen-bond acceptors (Lipinski definition) is 3. The Morgan fingerprint density at radius 2 is 2.05 bits per heavy atom. The Labute approximate surface area is 119 Å². The average Bonchev–Trinajstić information content (AvgIpc) is 3.16. The Kier molecular flexibility index (Phi) is 3.70. The van der Waals surface area contributed by atoms with Crippen LogP contribution in [-0.4, -0.2) is 29.4 Å². The van der Waals surface area contributed by atoms with E-state index in [1.807, 2.05) is 18.2 Å². The Hall–Kier alpha value is -1.86. The van der Waals surface area contributed by atoms with E-state index < -0.39 is 0 Å². The van der Waals surface area contributed by atoms with Crippen molar-refractivity contribution in [3.8, 4) is 6.07 Å². The summed E-state index contributed by atoms with van der Waals surface area (Å²) in [5, 5.41) is 12.5. The van der Waals surface area contributed by atoms with Crippen LogP contribution in [0.1, 0.15) is 37.3 Å². The molecule has 0 saturated carbocycles. The van der Waals surface area contributed by atoms with Crippen LogP contribution >= 0.6 is 0 Å². The van der Waals surface area contributed by atoms with E-state index in [1.54, 1.807) is 4.90 Å². The number of hydrogen-bond donors (Lipinski definition) is 1. The van der Waals surface area contributed by atoms with Gasteiger partial charge < -0.3 is 4.90 Å². The summed E-state index contributed by atoms with van der Waals surface area (Å²) >= 11 is 0. The highest BCUT2D eigenvalue weighted by Crippen LogP contribution is 2.28. The molecule has 2 fully saturated rings. The molecule has 3 unspecified atom stereocenters. The zero-order valence-electron chi connectivity index (χ0n) is 11.5. The molecule has 1 aromatic carbocycles. The van der Waals surface area contributed by atoms with Crippen LogP contribution in [0.5, 0.6) is 0 Å². The quantitative estimate of drug-likeness (QED) is 0.893. The van der Waals surface area contributed by atoms with Gasteiger partial charge in [-0.3, -0.25) is 10.1 Å². The molecule has 2 aliphatic rings. The van der Waals surface area contributed by atoms with Gasteiger partial charge in [-0.1, -0.05) is 30.3 Å². The molecule has 1 aromatic rings. The van der Waals surface area contributed by atoms with Gasteiger partial charge >= 0.3 is 0 Å².